The number of carbonyl (C=O) groups is 1. The van der Waals surface area contributed by atoms with Crippen LogP contribution in [0.1, 0.15) is 22.3 Å². The molecule has 0 aliphatic carbocycles. The number of hydrogen-bond acceptors (Lipinski definition) is 3. The summed E-state index contributed by atoms with van der Waals surface area (Å²) in [5, 5.41) is 0. The van der Waals surface area contributed by atoms with Gasteiger partial charge in [0.05, 0.1) is 12.2 Å². The summed E-state index contributed by atoms with van der Waals surface area (Å²) in [7, 11) is -1.67. The van der Waals surface area contributed by atoms with Gasteiger partial charge in [-0.05, 0) is 35.2 Å². The number of amides is 1. The Morgan fingerprint density at radius 3 is 2.67 bits per heavy atom. The van der Waals surface area contributed by atoms with Crippen molar-refractivity contribution in [2.24, 2.45) is 0 Å². The number of carbonyl (C=O) groups excluding carboxylic acids is 1. The number of benzene rings is 2. The van der Waals surface area contributed by atoms with Gasteiger partial charge in [-0.25, -0.2) is 13.1 Å². The Kier molecular flexibility index (Phi) is 4.43. The van der Waals surface area contributed by atoms with Crippen molar-refractivity contribution >= 4 is 21.6 Å². The second-order valence-corrected chi connectivity index (χ2v) is 7.91. The summed E-state index contributed by atoms with van der Waals surface area (Å²) >= 11 is 0. The van der Waals surface area contributed by atoms with Gasteiger partial charge in [0.1, 0.15) is 0 Å². The molecule has 24 heavy (non-hydrogen) atoms. The molecule has 1 aliphatic rings. The highest BCUT2D eigenvalue weighted by Crippen LogP contribution is 2.28. The highest BCUT2D eigenvalue weighted by Gasteiger charge is 2.24. The summed E-state index contributed by atoms with van der Waals surface area (Å²) in [6, 6.07) is 13.1. The van der Waals surface area contributed by atoms with E-state index >= 15 is 0 Å². The Bertz CT molecular complexity index is 891. The number of rotatable bonds is 5. The average Bonchev–Trinajstić information content (AvgIpc) is 2.82. The van der Waals surface area contributed by atoms with Crippen LogP contribution in [0, 0.1) is 6.92 Å². The molecule has 0 bridgehead atoms. The first-order valence-electron chi connectivity index (χ1n) is 7.76. The molecule has 1 amide bonds. The summed E-state index contributed by atoms with van der Waals surface area (Å²) in [6.45, 7) is 2.12. The maximum absolute atomic E-state index is 12.3. The van der Waals surface area contributed by atoms with E-state index in [1.807, 2.05) is 49.4 Å². The lowest BCUT2D eigenvalue weighted by atomic mass is 10.1. The van der Waals surface area contributed by atoms with E-state index in [-0.39, 0.29) is 18.2 Å². The number of aryl methyl sites for hydroxylation is 1. The fourth-order valence-electron chi connectivity index (χ4n) is 2.85. The molecule has 126 valence electrons. The van der Waals surface area contributed by atoms with Crippen molar-refractivity contribution in [2.75, 3.05) is 11.9 Å². The number of likely N-dealkylation sites (N-methyl/N-ethyl adjacent to an activating group) is 1. The Balaban J connectivity index is 1.69. The first-order chi connectivity index (χ1) is 11.4. The average molecular weight is 344 g/mol. The van der Waals surface area contributed by atoms with E-state index < -0.39 is 10.0 Å². The number of fused-ring (bicyclic) bond motifs is 1. The van der Waals surface area contributed by atoms with Gasteiger partial charge in [0.2, 0.25) is 15.9 Å². The molecule has 1 aliphatic heterocycles. The van der Waals surface area contributed by atoms with Gasteiger partial charge >= 0.3 is 0 Å². The van der Waals surface area contributed by atoms with E-state index in [0.717, 1.165) is 27.9 Å². The van der Waals surface area contributed by atoms with E-state index in [1.165, 1.54) is 0 Å². The van der Waals surface area contributed by atoms with Crippen LogP contribution >= 0.6 is 0 Å². The van der Waals surface area contributed by atoms with Crippen molar-refractivity contribution in [1.29, 1.82) is 0 Å². The third-order valence-corrected chi connectivity index (χ3v) is 5.60. The maximum atomic E-state index is 12.3. The predicted octanol–water partition coefficient (Wildman–Crippen LogP) is 2.13. The van der Waals surface area contributed by atoms with Crippen LogP contribution in [-0.2, 0) is 33.5 Å². The van der Waals surface area contributed by atoms with E-state index in [4.69, 9.17) is 0 Å². The van der Waals surface area contributed by atoms with Crippen LogP contribution < -0.4 is 9.62 Å². The smallest absolute Gasteiger partial charge is 0.231 e. The molecular weight excluding hydrogens is 324 g/mol. The van der Waals surface area contributed by atoms with Crippen LogP contribution in [-0.4, -0.2) is 21.4 Å². The van der Waals surface area contributed by atoms with Gasteiger partial charge < -0.3 is 4.90 Å². The van der Waals surface area contributed by atoms with Gasteiger partial charge in [0, 0.05) is 19.3 Å². The molecule has 2 aromatic carbocycles. The van der Waals surface area contributed by atoms with Gasteiger partial charge in [-0.3, -0.25) is 4.79 Å². The molecule has 0 unspecified atom stereocenters. The molecule has 5 nitrogen and oxygen atoms in total. The second kappa shape index (κ2) is 6.37. The zero-order valence-electron chi connectivity index (χ0n) is 13.7. The van der Waals surface area contributed by atoms with Crippen molar-refractivity contribution in [2.45, 2.75) is 25.6 Å². The molecule has 3 rings (SSSR count). The Morgan fingerprint density at radius 1 is 1.17 bits per heavy atom. The number of nitrogens with one attached hydrogen (secondary N) is 1. The Labute approximate surface area is 142 Å². The molecule has 1 heterocycles. The zero-order chi connectivity index (χ0) is 17.3. The quantitative estimate of drug-likeness (QED) is 0.904. The standard InChI is InChI=1S/C18H20N2O3S/c1-13-5-3-4-6-15(13)12-24(22,23)19-11-14-7-8-17-16(9-14)10-18(21)20(17)2/h3-9,19H,10-12H2,1-2H3. The van der Waals surface area contributed by atoms with Crippen molar-refractivity contribution in [3.05, 3.63) is 64.7 Å². The fourth-order valence-corrected chi connectivity index (χ4v) is 4.08. The lowest BCUT2D eigenvalue weighted by Gasteiger charge is -2.11. The fraction of sp³-hybridized carbons (Fsp3) is 0.278. The van der Waals surface area contributed by atoms with Crippen molar-refractivity contribution in [3.63, 3.8) is 0 Å². The monoisotopic (exact) mass is 344 g/mol. The van der Waals surface area contributed by atoms with Crippen LogP contribution in [0.3, 0.4) is 0 Å². The third-order valence-electron chi connectivity index (χ3n) is 4.32. The molecular formula is C18H20N2O3S. The number of sulfonamides is 1. The number of nitrogens with zero attached hydrogens (tertiary/aromatic N) is 1. The van der Waals surface area contributed by atoms with Crippen LogP contribution in [0.4, 0.5) is 5.69 Å². The molecule has 0 atom stereocenters. The SMILES string of the molecule is Cc1ccccc1CS(=O)(=O)NCc1ccc2c(c1)CC(=O)N2C. The van der Waals surface area contributed by atoms with Crippen molar-refractivity contribution in [1.82, 2.24) is 4.72 Å². The summed E-state index contributed by atoms with van der Waals surface area (Å²) in [4.78, 5) is 13.3. The lowest BCUT2D eigenvalue weighted by Crippen LogP contribution is -2.25. The topological polar surface area (TPSA) is 66.5 Å². The molecule has 6 heteroatoms. The lowest BCUT2D eigenvalue weighted by molar-refractivity contribution is -0.117. The molecule has 0 aromatic heterocycles. The minimum atomic E-state index is -3.42. The molecule has 1 N–H and O–H groups in total. The summed E-state index contributed by atoms with van der Waals surface area (Å²) in [5.41, 5.74) is 4.45. The van der Waals surface area contributed by atoms with Crippen molar-refractivity contribution in [3.8, 4) is 0 Å². The first kappa shape index (κ1) is 16.7. The highest BCUT2D eigenvalue weighted by atomic mass is 32.2. The number of hydrogen-bond donors (Lipinski definition) is 1. The minimum Gasteiger partial charge on any atom is -0.315 e. The normalized spacial score (nSPS) is 14.1. The van der Waals surface area contributed by atoms with Gasteiger partial charge in [0.25, 0.3) is 0 Å². The predicted molar refractivity (Wildman–Crippen MR) is 94.2 cm³/mol. The van der Waals surface area contributed by atoms with E-state index in [1.54, 1.807) is 11.9 Å². The van der Waals surface area contributed by atoms with Crippen LogP contribution in [0.15, 0.2) is 42.5 Å². The van der Waals surface area contributed by atoms with Crippen molar-refractivity contribution < 1.29 is 13.2 Å². The summed E-state index contributed by atoms with van der Waals surface area (Å²) in [5.74, 6) is 0.0218. The van der Waals surface area contributed by atoms with Gasteiger partial charge in [-0.15, -0.1) is 0 Å². The maximum Gasteiger partial charge on any atom is 0.231 e. The molecule has 0 radical (unpaired) electrons. The first-order valence-corrected chi connectivity index (χ1v) is 9.41. The second-order valence-electron chi connectivity index (χ2n) is 6.10. The number of anilines is 1. The Hall–Kier alpha value is -2.18. The van der Waals surface area contributed by atoms with E-state index in [2.05, 4.69) is 4.72 Å². The Morgan fingerprint density at radius 2 is 1.92 bits per heavy atom. The molecule has 0 saturated carbocycles. The van der Waals surface area contributed by atoms with Gasteiger partial charge in [-0.2, -0.15) is 0 Å². The highest BCUT2D eigenvalue weighted by molar-refractivity contribution is 7.88. The van der Waals surface area contributed by atoms with E-state index in [9.17, 15) is 13.2 Å². The van der Waals surface area contributed by atoms with Crippen LogP contribution in [0.5, 0.6) is 0 Å². The zero-order valence-corrected chi connectivity index (χ0v) is 14.6. The molecule has 2 aromatic rings. The van der Waals surface area contributed by atoms with Gasteiger partial charge in [-0.1, -0.05) is 36.4 Å². The third kappa shape index (κ3) is 3.49. The van der Waals surface area contributed by atoms with Gasteiger partial charge in [0.15, 0.2) is 0 Å². The molecule has 0 fully saturated rings. The summed E-state index contributed by atoms with van der Waals surface area (Å²) < 4.78 is 27.2. The van der Waals surface area contributed by atoms with Crippen LogP contribution in [0.25, 0.3) is 0 Å². The molecule has 0 saturated heterocycles. The molecule has 0 spiro atoms. The van der Waals surface area contributed by atoms with E-state index in [0.29, 0.717) is 6.42 Å². The summed E-state index contributed by atoms with van der Waals surface area (Å²) in [6.07, 6.45) is 0.371. The minimum absolute atomic E-state index is 0.0359. The largest absolute Gasteiger partial charge is 0.315 e. The van der Waals surface area contributed by atoms with Crippen LogP contribution in [0.2, 0.25) is 0 Å².